The van der Waals surface area contributed by atoms with Crippen molar-refractivity contribution in [2.45, 2.75) is 65.9 Å². The van der Waals surface area contributed by atoms with Crippen molar-refractivity contribution in [1.29, 1.82) is 0 Å². The van der Waals surface area contributed by atoms with Gasteiger partial charge in [-0.05, 0) is 12.8 Å². The minimum absolute atomic E-state index is 0.597. The van der Waals surface area contributed by atoms with Crippen molar-refractivity contribution >= 4 is 0 Å². The van der Waals surface area contributed by atoms with Crippen molar-refractivity contribution in [3.05, 3.63) is 0 Å². The third-order valence-corrected chi connectivity index (χ3v) is 1.64. The molecule has 1 saturated carbocycles. The van der Waals surface area contributed by atoms with Crippen molar-refractivity contribution in [1.82, 2.24) is 0 Å². The molecular formula is C11H26O. The number of rotatable bonds is 1. The summed E-state index contributed by atoms with van der Waals surface area (Å²) >= 11 is 0. The molecule has 12 heavy (non-hydrogen) atoms. The molecule has 0 radical (unpaired) electrons. The number of hydrogen-bond acceptors (Lipinski definition) is 1. The predicted molar refractivity (Wildman–Crippen MR) is 56.6 cm³/mol. The van der Waals surface area contributed by atoms with E-state index in [9.17, 15) is 0 Å². The standard InChI is InChI=1S/C6H12O.C3H8.C2H6/c1-7-6-4-2-3-5-6;1-3-2;1-2/h6H,2-5H2,1H3;3H2,1-2H3;1-2H3. The highest BCUT2D eigenvalue weighted by Gasteiger charge is 2.12. The minimum atomic E-state index is 0.597. The summed E-state index contributed by atoms with van der Waals surface area (Å²) in [4.78, 5) is 0. The highest BCUT2D eigenvalue weighted by atomic mass is 16.5. The van der Waals surface area contributed by atoms with Gasteiger partial charge in [0.1, 0.15) is 0 Å². The molecule has 0 atom stereocenters. The van der Waals surface area contributed by atoms with Crippen LogP contribution in [0.25, 0.3) is 0 Å². The van der Waals surface area contributed by atoms with Crippen LogP contribution < -0.4 is 0 Å². The zero-order valence-corrected chi connectivity index (χ0v) is 9.52. The molecule has 1 aliphatic carbocycles. The highest BCUT2D eigenvalue weighted by Crippen LogP contribution is 2.19. The van der Waals surface area contributed by atoms with Crippen molar-refractivity contribution in [3.8, 4) is 0 Å². The van der Waals surface area contributed by atoms with E-state index in [-0.39, 0.29) is 0 Å². The first-order valence-electron chi connectivity index (χ1n) is 5.37. The van der Waals surface area contributed by atoms with Crippen LogP contribution in [0.3, 0.4) is 0 Å². The van der Waals surface area contributed by atoms with E-state index in [0.717, 1.165) is 0 Å². The predicted octanol–water partition coefficient (Wildman–Crippen LogP) is 4.02. The molecule has 1 nitrogen and oxygen atoms in total. The molecule has 76 valence electrons. The van der Waals surface area contributed by atoms with Gasteiger partial charge in [-0.15, -0.1) is 0 Å². The smallest absolute Gasteiger partial charge is 0.0571 e. The third kappa shape index (κ3) is 9.96. The van der Waals surface area contributed by atoms with Crippen LogP contribution in [-0.2, 0) is 4.74 Å². The molecule has 0 unspecified atom stereocenters. The Labute approximate surface area is 78.5 Å². The number of ether oxygens (including phenoxy) is 1. The second-order valence-corrected chi connectivity index (χ2v) is 2.85. The average molecular weight is 174 g/mol. The van der Waals surface area contributed by atoms with Crippen LogP contribution in [0.2, 0.25) is 0 Å². The van der Waals surface area contributed by atoms with E-state index in [2.05, 4.69) is 13.8 Å². The Hall–Kier alpha value is -0.0400. The van der Waals surface area contributed by atoms with Crippen molar-refractivity contribution in [2.24, 2.45) is 0 Å². The minimum Gasteiger partial charge on any atom is -0.381 e. The Morgan fingerprint density at radius 1 is 1.08 bits per heavy atom. The van der Waals surface area contributed by atoms with Gasteiger partial charge < -0.3 is 4.74 Å². The Bertz CT molecular complexity index is 56.0. The fraction of sp³-hybridized carbons (Fsp3) is 1.00. The molecule has 0 spiro atoms. The van der Waals surface area contributed by atoms with Crippen LogP contribution in [0, 0.1) is 0 Å². The summed E-state index contributed by atoms with van der Waals surface area (Å²) in [7, 11) is 1.80. The Kier molecular flexibility index (Phi) is 16.3. The number of hydrogen-bond donors (Lipinski definition) is 0. The molecule has 0 aromatic heterocycles. The van der Waals surface area contributed by atoms with E-state index in [1.807, 2.05) is 13.8 Å². The first-order chi connectivity index (χ1) is 5.85. The SMILES string of the molecule is CC.CCC.COC1CCCC1. The quantitative estimate of drug-likeness (QED) is 0.583. The van der Waals surface area contributed by atoms with Crippen molar-refractivity contribution < 1.29 is 4.74 Å². The van der Waals surface area contributed by atoms with E-state index in [1.165, 1.54) is 32.1 Å². The average Bonchev–Trinajstić information content (AvgIpc) is 2.61. The molecule has 0 saturated heterocycles. The second-order valence-electron chi connectivity index (χ2n) is 2.85. The van der Waals surface area contributed by atoms with E-state index in [4.69, 9.17) is 4.74 Å². The summed E-state index contributed by atoms with van der Waals surface area (Å²) in [5.74, 6) is 0. The largest absolute Gasteiger partial charge is 0.381 e. The van der Waals surface area contributed by atoms with Gasteiger partial charge in [0.2, 0.25) is 0 Å². The van der Waals surface area contributed by atoms with Crippen LogP contribution >= 0.6 is 0 Å². The molecule has 1 fully saturated rings. The van der Waals surface area contributed by atoms with E-state index >= 15 is 0 Å². The van der Waals surface area contributed by atoms with Gasteiger partial charge in [0, 0.05) is 7.11 Å². The summed E-state index contributed by atoms with van der Waals surface area (Å²) in [6.07, 6.45) is 7.17. The highest BCUT2D eigenvalue weighted by molar-refractivity contribution is 4.65. The molecule has 0 heterocycles. The van der Waals surface area contributed by atoms with Crippen LogP contribution in [0.5, 0.6) is 0 Å². The Morgan fingerprint density at radius 2 is 1.42 bits per heavy atom. The summed E-state index contributed by atoms with van der Waals surface area (Å²) < 4.78 is 5.11. The van der Waals surface area contributed by atoms with Crippen molar-refractivity contribution in [3.63, 3.8) is 0 Å². The maximum Gasteiger partial charge on any atom is 0.0571 e. The van der Waals surface area contributed by atoms with E-state index < -0.39 is 0 Å². The topological polar surface area (TPSA) is 9.23 Å². The molecule has 0 N–H and O–H groups in total. The Morgan fingerprint density at radius 3 is 1.58 bits per heavy atom. The molecule has 1 heteroatoms. The lowest BCUT2D eigenvalue weighted by Gasteiger charge is -2.02. The van der Waals surface area contributed by atoms with Gasteiger partial charge in [-0.1, -0.05) is 47.0 Å². The number of methoxy groups -OCH3 is 1. The lowest BCUT2D eigenvalue weighted by molar-refractivity contribution is 0.109. The van der Waals surface area contributed by atoms with Crippen LogP contribution in [0.15, 0.2) is 0 Å². The summed E-state index contributed by atoms with van der Waals surface area (Å²) in [5, 5.41) is 0. The summed E-state index contributed by atoms with van der Waals surface area (Å²) in [6, 6.07) is 0. The second kappa shape index (κ2) is 13.5. The van der Waals surface area contributed by atoms with E-state index in [0.29, 0.717) is 6.10 Å². The van der Waals surface area contributed by atoms with Gasteiger partial charge in [-0.2, -0.15) is 0 Å². The normalized spacial score (nSPS) is 15.8. The van der Waals surface area contributed by atoms with Gasteiger partial charge in [-0.3, -0.25) is 0 Å². The van der Waals surface area contributed by atoms with E-state index in [1.54, 1.807) is 7.11 Å². The van der Waals surface area contributed by atoms with Crippen LogP contribution in [0.4, 0.5) is 0 Å². The lowest BCUT2D eigenvalue weighted by atomic mass is 10.3. The molecule has 0 aromatic carbocycles. The fourth-order valence-electron chi connectivity index (χ4n) is 1.12. The molecule has 1 aliphatic rings. The molecule has 1 rings (SSSR count). The first kappa shape index (κ1) is 14.5. The molecule has 0 aliphatic heterocycles. The summed E-state index contributed by atoms with van der Waals surface area (Å²) in [5.41, 5.74) is 0. The van der Waals surface area contributed by atoms with Gasteiger partial charge >= 0.3 is 0 Å². The maximum atomic E-state index is 5.11. The zero-order chi connectivity index (χ0) is 9.82. The van der Waals surface area contributed by atoms with Crippen LogP contribution in [0.1, 0.15) is 59.8 Å². The van der Waals surface area contributed by atoms with Gasteiger partial charge in [0.25, 0.3) is 0 Å². The molecule has 0 bridgehead atoms. The molecule has 0 aromatic rings. The molecular weight excluding hydrogens is 148 g/mol. The third-order valence-electron chi connectivity index (χ3n) is 1.64. The molecule has 0 amide bonds. The Balaban J connectivity index is 0. The first-order valence-corrected chi connectivity index (χ1v) is 5.37. The zero-order valence-electron chi connectivity index (χ0n) is 9.52. The lowest BCUT2D eigenvalue weighted by Crippen LogP contribution is -2.01. The van der Waals surface area contributed by atoms with Gasteiger partial charge in [0.05, 0.1) is 6.10 Å². The van der Waals surface area contributed by atoms with Crippen LogP contribution in [-0.4, -0.2) is 13.2 Å². The summed E-state index contributed by atoms with van der Waals surface area (Å²) in [6.45, 7) is 8.25. The van der Waals surface area contributed by atoms with Gasteiger partial charge in [-0.25, -0.2) is 0 Å². The monoisotopic (exact) mass is 174 g/mol. The maximum absolute atomic E-state index is 5.11. The fourth-order valence-corrected chi connectivity index (χ4v) is 1.12. The van der Waals surface area contributed by atoms with Crippen molar-refractivity contribution in [2.75, 3.05) is 7.11 Å². The van der Waals surface area contributed by atoms with Gasteiger partial charge in [0.15, 0.2) is 0 Å².